The summed E-state index contributed by atoms with van der Waals surface area (Å²) < 4.78 is 0. The predicted octanol–water partition coefficient (Wildman–Crippen LogP) is 4.62. The minimum Gasteiger partial charge on any atom is -0.507 e. The van der Waals surface area contributed by atoms with Gasteiger partial charge in [0.2, 0.25) is 0 Å². The minimum atomic E-state index is 0.0792. The van der Waals surface area contributed by atoms with Crippen LogP contribution < -0.4 is 0 Å². The zero-order valence-corrected chi connectivity index (χ0v) is 19.4. The van der Waals surface area contributed by atoms with E-state index in [1.54, 1.807) is 18.2 Å². The van der Waals surface area contributed by atoms with E-state index in [0.29, 0.717) is 64.5 Å². The fraction of sp³-hybridized carbons (Fsp3) is 0.333. The van der Waals surface area contributed by atoms with E-state index >= 15 is 0 Å². The molecule has 0 aliphatic rings. The van der Waals surface area contributed by atoms with Crippen LogP contribution in [0, 0.1) is 0 Å². The number of nitrogens with zero attached hydrogens (tertiary/aromatic N) is 3. The Labute approximate surface area is 194 Å². The first kappa shape index (κ1) is 27.2. The Morgan fingerprint density at radius 1 is 0.562 bits per heavy atom. The third-order valence-electron chi connectivity index (χ3n) is 5.06. The van der Waals surface area contributed by atoms with E-state index in [9.17, 15) is 10.2 Å². The lowest BCUT2D eigenvalue weighted by atomic mass is 9.98. The van der Waals surface area contributed by atoms with Crippen LogP contribution in [0.25, 0.3) is 0 Å². The first-order valence-electron chi connectivity index (χ1n) is 10.8. The van der Waals surface area contributed by atoms with Gasteiger partial charge in [-0.1, -0.05) is 36.5 Å². The molecule has 1 rings (SSSR count). The largest absolute Gasteiger partial charge is 0.507 e. The van der Waals surface area contributed by atoms with E-state index in [4.69, 9.17) is 0 Å². The van der Waals surface area contributed by atoms with Crippen molar-refractivity contribution in [2.75, 3.05) is 39.3 Å². The summed E-state index contributed by atoms with van der Waals surface area (Å²) >= 11 is 0. The summed E-state index contributed by atoms with van der Waals surface area (Å²) in [5.74, 6) is 0.198. The lowest BCUT2D eigenvalue weighted by Gasteiger charge is -2.27. The van der Waals surface area contributed by atoms with E-state index in [1.807, 2.05) is 29.2 Å². The van der Waals surface area contributed by atoms with Crippen molar-refractivity contribution in [3.05, 3.63) is 98.7 Å². The molecule has 174 valence electrons. The van der Waals surface area contributed by atoms with Crippen LogP contribution in [0.4, 0.5) is 0 Å². The topological polar surface area (TPSA) is 50.2 Å². The van der Waals surface area contributed by atoms with Gasteiger partial charge in [0.15, 0.2) is 0 Å². The van der Waals surface area contributed by atoms with Gasteiger partial charge in [0.05, 0.1) is 0 Å². The lowest BCUT2D eigenvalue weighted by Crippen LogP contribution is -2.28. The van der Waals surface area contributed by atoms with Gasteiger partial charge in [-0.2, -0.15) is 0 Å². The van der Waals surface area contributed by atoms with Gasteiger partial charge < -0.3 is 10.2 Å². The summed E-state index contributed by atoms with van der Waals surface area (Å²) in [5, 5.41) is 22.2. The molecule has 0 fully saturated rings. The van der Waals surface area contributed by atoms with Gasteiger partial charge in [0.25, 0.3) is 0 Å². The van der Waals surface area contributed by atoms with E-state index in [0.717, 1.165) is 11.1 Å². The summed E-state index contributed by atoms with van der Waals surface area (Å²) in [5.41, 5.74) is 2.16. The van der Waals surface area contributed by atoms with Crippen molar-refractivity contribution in [2.45, 2.75) is 19.6 Å². The van der Waals surface area contributed by atoms with Crippen LogP contribution in [0.3, 0.4) is 0 Å². The number of rotatable bonds is 18. The van der Waals surface area contributed by atoms with Crippen LogP contribution in [-0.2, 0) is 19.6 Å². The van der Waals surface area contributed by atoms with Crippen LogP contribution in [-0.4, -0.2) is 64.2 Å². The molecule has 5 nitrogen and oxygen atoms in total. The highest BCUT2D eigenvalue weighted by Gasteiger charge is 2.21. The zero-order chi connectivity index (χ0) is 23.9. The molecule has 0 heterocycles. The molecule has 0 radical (unpaired) electrons. The molecule has 0 saturated heterocycles. The summed E-state index contributed by atoms with van der Waals surface area (Å²) in [6.45, 7) is 28.3. The quantitative estimate of drug-likeness (QED) is 0.328. The minimum absolute atomic E-state index is 0.0792. The van der Waals surface area contributed by atoms with Gasteiger partial charge in [-0.3, -0.25) is 14.7 Å². The Morgan fingerprint density at radius 3 is 1.28 bits per heavy atom. The summed E-state index contributed by atoms with van der Waals surface area (Å²) in [6.07, 6.45) is 10.9. The fourth-order valence-corrected chi connectivity index (χ4v) is 3.66. The predicted molar refractivity (Wildman–Crippen MR) is 137 cm³/mol. The molecule has 0 spiro atoms. The normalized spacial score (nSPS) is 11.0. The zero-order valence-electron chi connectivity index (χ0n) is 19.4. The molecule has 0 unspecified atom stereocenters. The smallest absolute Gasteiger partial charge is 0.128 e. The average molecular weight is 438 g/mol. The van der Waals surface area contributed by atoms with Crippen LogP contribution >= 0.6 is 0 Å². The number of benzene rings is 1. The van der Waals surface area contributed by atoms with Crippen LogP contribution in [0.15, 0.2) is 82.0 Å². The van der Waals surface area contributed by atoms with Crippen molar-refractivity contribution < 1.29 is 10.2 Å². The van der Waals surface area contributed by atoms with Crippen molar-refractivity contribution in [2.24, 2.45) is 0 Å². The van der Waals surface area contributed by atoms with Crippen LogP contribution in [0.2, 0.25) is 0 Å². The monoisotopic (exact) mass is 437 g/mol. The van der Waals surface area contributed by atoms with Gasteiger partial charge in [0.1, 0.15) is 11.5 Å². The molecular weight excluding hydrogens is 398 g/mol. The van der Waals surface area contributed by atoms with E-state index in [2.05, 4.69) is 49.3 Å². The van der Waals surface area contributed by atoms with Crippen molar-refractivity contribution in [1.29, 1.82) is 0 Å². The second-order valence-corrected chi connectivity index (χ2v) is 7.67. The fourth-order valence-electron chi connectivity index (χ4n) is 3.66. The molecule has 1 aromatic carbocycles. The van der Waals surface area contributed by atoms with Crippen molar-refractivity contribution in [3.8, 4) is 11.5 Å². The summed E-state index contributed by atoms with van der Waals surface area (Å²) in [6, 6.07) is 1.77. The maximum Gasteiger partial charge on any atom is 0.128 e. The highest BCUT2D eigenvalue weighted by molar-refractivity contribution is 5.53. The Kier molecular flexibility index (Phi) is 12.8. The Morgan fingerprint density at radius 2 is 0.906 bits per heavy atom. The number of hydrogen-bond donors (Lipinski definition) is 2. The van der Waals surface area contributed by atoms with Gasteiger partial charge in [-0.05, 0) is 11.6 Å². The SMILES string of the molecule is C=CCN(CC=C)Cc1cc(O)c(CN(CC=C)CC=C)c(O)c1CN(CC=C)CC=C. The van der Waals surface area contributed by atoms with Gasteiger partial charge in [0, 0.05) is 70.0 Å². The highest BCUT2D eigenvalue weighted by atomic mass is 16.3. The van der Waals surface area contributed by atoms with E-state index in [-0.39, 0.29) is 11.5 Å². The second-order valence-electron chi connectivity index (χ2n) is 7.67. The number of aromatic hydroxyl groups is 2. The molecule has 0 aromatic heterocycles. The second kappa shape index (κ2) is 15.0. The van der Waals surface area contributed by atoms with Crippen molar-refractivity contribution >= 4 is 0 Å². The molecule has 0 aliphatic heterocycles. The molecule has 0 amide bonds. The van der Waals surface area contributed by atoms with Crippen LogP contribution in [0.1, 0.15) is 16.7 Å². The number of phenolic OH excluding ortho intramolecular Hbond substituents is 2. The third-order valence-corrected chi connectivity index (χ3v) is 5.06. The Hall–Kier alpha value is -2.86. The highest BCUT2D eigenvalue weighted by Crippen LogP contribution is 2.36. The first-order valence-corrected chi connectivity index (χ1v) is 10.8. The molecule has 32 heavy (non-hydrogen) atoms. The lowest BCUT2D eigenvalue weighted by molar-refractivity contribution is 0.294. The van der Waals surface area contributed by atoms with Crippen LogP contribution in [0.5, 0.6) is 11.5 Å². The van der Waals surface area contributed by atoms with E-state index < -0.39 is 0 Å². The molecule has 0 atom stereocenters. The molecular formula is C27H39N3O2. The Bertz CT molecular complexity index is 771. The molecule has 2 N–H and O–H groups in total. The maximum absolute atomic E-state index is 11.3. The van der Waals surface area contributed by atoms with Gasteiger partial charge in [-0.15, -0.1) is 39.5 Å². The molecule has 1 aromatic rings. The maximum atomic E-state index is 11.3. The Balaban J connectivity index is 3.49. The molecule has 0 aliphatic carbocycles. The van der Waals surface area contributed by atoms with Gasteiger partial charge in [-0.25, -0.2) is 0 Å². The van der Waals surface area contributed by atoms with E-state index in [1.165, 1.54) is 0 Å². The number of hydrogen-bond acceptors (Lipinski definition) is 5. The standard InChI is InChI=1S/C27H39N3O2/c1-7-13-28(14-8-2)20-23-19-26(31)25(22-30(17-11-5)18-12-6)27(32)24(23)21-29(15-9-3)16-10-4/h7-12,19,31-32H,1-6,13-18,20-22H2. The summed E-state index contributed by atoms with van der Waals surface area (Å²) in [4.78, 5) is 6.33. The van der Waals surface area contributed by atoms with Crippen molar-refractivity contribution in [3.63, 3.8) is 0 Å². The average Bonchev–Trinajstić information content (AvgIpc) is 2.74. The molecule has 5 heteroatoms. The molecule has 0 bridgehead atoms. The first-order chi connectivity index (χ1) is 15.4. The van der Waals surface area contributed by atoms with Crippen molar-refractivity contribution in [1.82, 2.24) is 14.7 Å². The number of phenols is 2. The summed E-state index contributed by atoms with van der Waals surface area (Å²) in [7, 11) is 0. The van der Waals surface area contributed by atoms with Gasteiger partial charge >= 0.3 is 0 Å². The third kappa shape index (κ3) is 8.35. The molecule has 0 saturated carbocycles.